The maximum Gasteiger partial charge on any atom is 0.416 e. The molecule has 2 aromatic carbocycles. The van der Waals surface area contributed by atoms with Crippen molar-refractivity contribution in [1.29, 1.82) is 0 Å². The number of amides is 2. The van der Waals surface area contributed by atoms with Crippen molar-refractivity contribution >= 4 is 6.03 Å². The van der Waals surface area contributed by atoms with Gasteiger partial charge in [0.1, 0.15) is 5.82 Å². The minimum atomic E-state index is -4.37. The van der Waals surface area contributed by atoms with Crippen molar-refractivity contribution in [2.24, 2.45) is 0 Å². The number of hydrogen-bond acceptors (Lipinski definition) is 2. The Morgan fingerprint density at radius 1 is 1.06 bits per heavy atom. The fraction of sp³-hybridized carbons (Fsp3) is 0.435. The first-order valence-electron chi connectivity index (χ1n) is 10.4. The van der Waals surface area contributed by atoms with Crippen molar-refractivity contribution in [3.63, 3.8) is 0 Å². The van der Waals surface area contributed by atoms with Gasteiger partial charge in [0.15, 0.2) is 0 Å². The van der Waals surface area contributed by atoms with Gasteiger partial charge in [-0.15, -0.1) is 0 Å². The summed E-state index contributed by atoms with van der Waals surface area (Å²) in [7, 11) is 0. The van der Waals surface area contributed by atoms with Gasteiger partial charge in [0.25, 0.3) is 0 Å². The number of urea groups is 1. The van der Waals surface area contributed by atoms with E-state index in [1.165, 1.54) is 23.8 Å². The molecule has 0 spiro atoms. The Hall–Kier alpha value is -2.61. The highest BCUT2D eigenvalue weighted by molar-refractivity contribution is 5.75. The summed E-state index contributed by atoms with van der Waals surface area (Å²) in [6.45, 7) is 2.91. The summed E-state index contributed by atoms with van der Waals surface area (Å²) >= 11 is 0. The molecule has 1 saturated heterocycles. The van der Waals surface area contributed by atoms with Crippen LogP contribution in [0, 0.1) is 5.82 Å². The monoisotopic (exact) mass is 435 g/mol. The second kappa shape index (κ2) is 8.49. The summed E-state index contributed by atoms with van der Waals surface area (Å²) in [5.74, 6) is -0.198. The predicted molar refractivity (Wildman–Crippen MR) is 109 cm³/mol. The van der Waals surface area contributed by atoms with E-state index in [2.05, 4.69) is 10.6 Å². The molecule has 1 fully saturated rings. The maximum atomic E-state index is 13.3. The Balaban J connectivity index is 1.23. The third-order valence-electron chi connectivity index (χ3n) is 6.11. The maximum absolute atomic E-state index is 13.3. The average molecular weight is 435 g/mol. The molecule has 166 valence electrons. The van der Waals surface area contributed by atoms with Crippen molar-refractivity contribution in [3.05, 3.63) is 70.5 Å². The number of alkyl halides is 3. The van der Waals surface area contributed by atoms with Gasteiger partial charge < -0.3 is 15.5 Å². The third-order valence-corrected chi connectivity index (χ3v) is 6.11. The zero-order valence-corrected chi connectivity index (χ0v) is 17.2. The van der Waals surface area contributed by atoms with Crippen molar-refractivity contribution in [3.8, 4) is 0 Å². The van der Waals surface area contributed by atoms with Crippen LogP contribution in [0.15, 0.2) is 42.5 Å². The number of likely N-dealkylation sites (tertiary alicyclic amines) is 1. The highest BCUT2D eigenvalue weighted by Crippen LogP contribution is 2.30. The Morgan fingerprint density at radius 2 is 1.77 bits per heavy atom. The topological polar surface area (TPSA) is 44.4 Å². The van der Waals surface area contributed by atoms with Crippen LogP contribution in [0.4, 0.5) is 22.4 Å². The Labute approximate surface area is 178 Å². The molecule has 4 rings (SSSR count). The number of aryl methyl sites for hydroxylation is 1. The fourth-order valence-corrected chi connectivity index (χ4v) is 4.27. The smallest absolute Gasteiger partial charge is 0.331 e. The highest BCUT2D eigenvalue weighted by Gasteiger charge is 2.34. The summed E-state index contributed by atoms with van der Waals surface area (Å²) in [5, 5.41) is 6.42. The van der Waals surface area contributed by atoms with Crippen molar-refractivity contribution in [2.45, 2.75) is 50.5 Å². The van der Waals surface area contributed by atoms with E-state index in [0.717, 1.165) is 37.0 Å². The van der Waals surface area contributed by atoms with E-state index in [4.69, 9.17) is 0 Å². The number of carbonyl (C=O) groups excluding carboxylic acids is 1. The average Bonchev–Trinajstić information content (AvgIpc) is 2.69. The zero-order valence-electron chi connectivity index (χ0n) is 17.2. The van der Waals surface area contributed by atoms with Gasteiger partial charge in [-0.2, -0.15) is 13.2 Å². The molecule has 0 saturated carbocycles. The normalized spacial score (nSPS) is 20.0. The number of benzene rings is 2. The van der Waals surface area contributed by atoms with Crippen molar-refractivity contribution in [1.82, 2.24) is 15.5 Å². The van der Waals surface area contributed by atoms with Crippen LogP contribution < -0.4 is 10.6 Å². The van der Waals surface area contributed by atoms with E-state index in [9.17, 15) is 22.4 Å². The summed E-state index contributed by atoms with van der Waals surface area (Å²) in [6, 6.07) is 9.68. The van der Waals surface area contributed by atoms with Gasteiger partial charge in [-0.1, -0.05) is 18.2 Å². The standard InChI is InChI=1S/C23H25F4N3O/c1-14(15-2-6-18(7-3-15)23(25,26)27)28-22(31)30-12-21(13-30)29-20-9-5-16-10-19(24)8-4-17(16)11-20/h2-4,6-8,10,14,20-21,29H,5,9,11-13H2,1H3,(H,28,31). The summed E-state index contributed by atoms with van der Waals surface area (Å²) in [4.78, 5) is 14.1. The van der Waals surface area contributed by atoms with Gasteiger partial charge in [-0.25, -0.2) is 9.18 Å². The molecule has 0 aromatic heterocycles. The first kappa shape index (κ1) is 21.6. The molecule has 0 radical (unpaired) electrons. The van der Waals surface area contributed by atoms with Crippen molar-refractivity contribution in [2.75, 3.05) is 13.1 Å². The molecule has 1 heterocycles. The minimum Gasteiger partial charge on any atom is -0.331 e. The molecule has 8 heteroatoms. The zero-order chi connectivity index (χ0) is 22.2. The number of hydrogen-bond donors (Lipinski definition) is 2. The molecule has 2 unspecified atom stereocenters. The first-order valence-corrected chi connectivity index (χ1v) is 10.4. The van der Waals surface area contributed by atoms with E-state index in [0.29, 0.717) is 24.7 Å². The lowest BCUT2D eigenvalue weighted by Gasteiger charge is -2.42. The summed E-state index contributed by atoms with van der Waals surface area (Å²) in [5.41, 5.74) is 2.16. The van der Waals surface area contributed by atoms with Crippen LogP contribution in [-0.4, -0.2) is 36.1 Å². The van der Waals surface area contributed by atoms with Crippen LogP contribution in [0.2, 0.25) is 0 Å². The Bertz CT molecular complexity index is 939. The second-order valence-electron chi connectivity index (χ2n) is 8.41. The Kier molecular flexibility index (Phi) is 5.92. The quantitative estimate of drug-likeness (QED) is 0.698. The molecule has 2 N–H and O–H groups in total. The van der Waals surface area contributed by atoms with Crippen LogP contribution in [0.25, 0.3) is 0 Å². The lowest BCUT2D eigenvalue weighted by atomic mass is 9.87. The molecule has 4 nitrogen and oxygen atoms in total. The van der Waals surface area contributed by atoms with E-state index in [-0.39, 0.29) is 17.9 Å². The lowest BCUT2D eigenvalue weighted by molar-refractivity contribution is -0.137. The largest absolute Gasteiger partial charge is 0.416 e. The number of nitrogens with one attached hydrogen (secondary N) is 2. The van der Waals surface area contributed by atoms with Gasteiger partial charge in [-0.05, 0) is 67.1 Å². The number of carbonyl (C=O) groups is 1. The van der Waals surface area contributed by atoms with Crippen LogP contribution in [0.1, 0.15) is 41.6 Å². The molecular formula is C23H25F4N3O. The van der Waals surface area contributed by atoms with E-state index in [1.54, 1.807) is 17.9 Å². The van der Waals surface area contributed by atoms with Gasteiger partial charge in [0.2, 0.25) is 0 Å². The van der Waals surface area contributed by atoms with Crippen LogP contribution in [0.5, 0.6) is 0 Å². The van der Waals surface area contributed by atoms with Gasteiger partial charge in [-0.3, -0.25) is 0 Å². The SMILES string of the molecule is CC(NC(=O)N1CC(NC2CCc3cc(F)ccc3C2)C1)c1ccc(C(F)(F)F)cc1. The van der Waals surface area contributed by atoms with Gasteiger partial charge in [0, 0.05) is 25.2 Å². The number of nitrogens with zero attached hydrogens (tertiary/aromatic N) is 1. The molecule has 2 amide bonds. The van der Waals surface area contributed by atoms with Gasteiger partial charge >= 0.3 is 12.2 Å². The van der Waals surface area contributed by atoms with Crippen LogP contribution in [0.3, 0.4) is 0 Å². The molecule has 1 aliphatic carbocycles. The van der Waals surface area contributed by atoms with E-state index < -0.39 is 17.8 Å². The molecular weight excluding hydrogens is 410 g/mol. The van der Waals surface area contributed by atoms with Crippen LogP contribution in [-0.2, 0) is 19.0 Å². The number of fused-ring (bicyclic) bond motifs is 1. The second-order valence-corrected chi connectivity index (χ2v) is 8.41. The molecule has 2 aliphatic rings. The molecule has 2 aromatic rings. The minimum absolute atomic E-state index is 0.198. The Morgan fingerprint density at radius 3 is 2.45 bits per heavy atom. The van der Waals surface area contributed by atoms with E-state index in [1.807, 2.05) is 6.07 Å². The number of halogens is 4. The predicted octanol–water partition coefficient (Wildman–Crippen LogP) is 4.45. The van der Waals surface area contributed by atoms with E-state index >= 15 is 0 Å². The highest BCUT2D eigenvalue weighted by atomic mass is 19.4. The molecule has 0 bridgehead atoms. The van der Waals surface area contributed by atoms with Crippen LogP contribution >= 0.6 is 0 Å². The number of rotatable bonds is 4. The molecule has 1 aliphatic heterocycles. The first-order chi connectivity index (χ1) is 14.7. The summed E-state index contributed by atoms with van der Waals surface area (Å²) in [6.07, 6.45) is -1.75. The molecule has 2 atom stereocenters. The third kappa shape index (κ3) is 5.01. The molecule has 31 heavy (non-hydrogen) atoms. The van der Waals surface area contributed by atoms with Gasteiger partial charge in [0.05, 0.1) is 11.6 Å². The summed E-state index contributed by atoms with van der Waals surface area (Å²) < 4.78 is 51.4. The van der Waals surface area contributed by atoms with Crippen molar-refractivity contribution < 1.29 is 22.4 Å². The fourth-order valence-electron chi connectivity index (χ4n) is 4.27. The lowest BCUT2D eigenvalue weighted by Crippen LogP contribution is -2.64.